The molecule has 0 bridgehead atoms. The molecular weight excluding hydrogens is 352 g/mol. The van der Waals surface area contributed by atoms with E-state index in [1.54, 1.807) is 29.6 Å². The van der Waals surface area contributed by atoms with Crippen LogP contribution in [0.3, 0.4) is 0 Å². The highest BCUT2D eigenvalue weighted by atomic mass is 32.2. The lowest BCUT2D eigenvalue weighted by Crippen LogP contribution is -2.11. The fourth-order valence-electron chi connectivity index (χ4n) is 2.36. The third kappa shape index (κ3) is 4.41. The molecule has 6 heteroatoms. The molecule has 0 aliphatic rings. The van der Waals surface area contributed by atoms with E-state index in [-0.39, 0.29) is 0 Å². The Morgan fingerprint density at radius 2 is 1.40 bits per heavy atom. The second kappa shape index (κ2) is 7.29. The molecule has 2 N–H and O–H groups in total. The highest BCUT2D eigenvalue weighted by molar-refractivity contribution is 7.94. The quantitative estimate of drug-likeness (QED) is 0.608. The zero-order chi connectivity index (χ0) is 17.9. The van der Waals surface area contributed by atoms with Crippen molar-refractivity contribution in [1.29, 1.82) is 0 Å². The summed E-state index contributed by atoms with van der Waals surface area (Å²) >= 11 is 1.19. The molecule has 0 saturated heterocycles. The van der Waals surface area contributed by atoms with Gasteiger partial charge in [0.25, 0.3) is 10.0 Å². The van der Waals surface area contributed by atoms with Gasteiger partial charge in [0.2, 0.25) is 0 Å². The van der Waals surface area contributed by atoms with Crippen LogP contribution < -0.4 is 10.0 Å². The molecule has 4 nitrogen and oxygen atoms in total. The second-order valence-corrected chi connectivity index (χ2v) is 8.87. The van der Waals surface area contributed by atoms with Crippen molar-refractivity contribution in [3.05, 3.63) is 71.6 Å². The van der Waals surface area contributed by atoms with Crippen LogP contribution in [-0.4, -0.2) is 8.42 Å². The van der Waals surface area contributed by atoms with Crippen molar-refractivity contribution >= 4 is 38.4 Å². The Labute approximate surface area is 152 Å². The van der Waals surface area contributed by atoms with Crippen molar-refractivity contribution in [3.8, 4) is 0 Å². The molecule has 0 amide bonds. The molecule has 130 valence electrons. The van der Waals surface area contributed by atoms with Crippen LogP contribution in [0.5, 0.6) is 0 Å². The van der Waals surface area contributed by atoms with Crippen LogP contribution in [0.4, 0.5) is 17.1 Å². The minimum absolute atomic E-state index is 0.306. The Kier molecular flexibility index (Phi) is 5.11. The van der Waals surface area contributed by atoms with Gasteiger partial charge in [0.15, 0.2) is 0 Å². The van der Waals surface area contributed by atoms with E-state index in [9.17, 15) is 8.42 Å². The van der Waals surface area contributed by atoms with Gasteiger partial charge in [-0.1, -0.05) is 32.0 Å². The summed E-state index contributed by atoms with van der Waals surface area (Å²) in [5.74, 6) is 0.504. The van der Waals surface area contributed by atoms with Crippen molar-refractivity contribution < 1.29 is 8.42 Å². The topological polar surface area (TPSA) is 58.2 Å². The summed E-state index contributed by atoms with van der Waals surface area (Å²) in [5.41, 5.74) is 3.73. The number of hydrogen-bond donors (Lipinski definition) is 2. The smallest absolute Gasteiger partial charge is 0.271 e. The van der Waals surface area contributed by atoms with E-state index in [1.165, 1.54) is 16.9 Å². The molecular formula is C19H20N2O2S2. The number of nitrogens with one attached hydrogen (secondary N) is 2. The first-order valence-electron chi connectivity index (χ1n) is 7.97. The van der Waals surface area contributed by atoms with Gasteiger partial charge in [-0.05, 0) is 59.3 Å². The predicted molar refractivity (Wildman–Crippen MR) is 105 cm³/mol. The molecule has 2 aromatic carbocycles. The fourth-order valence-corrected chi connectivity index (χ4v) is 4.41. The standard InChI is InChI=1S/C19H20N2O2S2/c1-14(2)15-5-7-16(8-6-15)20-17-9-11-18(12-10-17)21-25(22,23)19-4-3-13-24-19/h3-14,20-21H,1-2H3. The van der Waals surface area contributed by atoms with Crippen LogP contribution in [0.15, 0.2) is 70.3 Å². The molecule has 3 aromatic rings. The maximum absolute atomic E-state index is 12.2. The van der Waals surface area contributed by atoms with Crippen molar-refractivity contribution in [2.45, 2.75) is 24.0 Å². The Hall–Kier alpha value is -2.31. The normalized spacial score (nSPS) is 11.5. The Morgan fingerprint density at radius 3 is 1.92 bits per heavy atom. The van der Waals surface area contributed by atoms with E-state index in [4.69, 9.17) is 0 Å². The number of sulfonamides is 1. The molecule has 1 heterocycles. The van der Waals surface area contributed by atoms with Gasteiger partial charge >= 0.3 is 0 Å². The third-order valence-electron chi connectivity index (χ3n) is 3.76. The molecule has 0 atom stereocenters. The van der Waals surface area contributed by atoms with Crippen molar-refractivity contribution in [2.75, 3.05) is 10.0 Å². The monoisotopic (exact) mass is 372 g/mol. The van der Waals surface area contributed by atoms with Gasteiger partial charge in [-0.25, -0.2) is 8.42 Å². The molecule has 0 aliphatic carbocycles. The Balaban J connectivity index is 1.68. The minimum Gasteiger partial charge on any atom is -0.356 e. The summed E-state index contributed by atoms with van der Waals surface area (Å²) in [6.45, 7) is 4.33. The fraction of sp³-hybridized carbons (Fsp3) is 0.158. The SMILES string of the molecule is CC(C)c1ccc(Nc2ccc(NS(=O)(=O)c3cccs3)cc2)cc1. The first kappa shape index (κ1) is 17.5. The van der Waals surface area contributed by atoms with E-state index >= 15 is 0 Å². The summed E-state index contributed by atoms with van der Waals surface area (Å²) in [7, 11) is -3.51. The van der Waals surface area contributed by atoms with Gasteiger partial charge < -0.3 is 5.32 Å². The lowest BCUT2D eigenvalue weighted by atomic mass is 10.0. The zero-order valence-corrected chi connectivity index (χ0v) is 15.7. The number of anilines is 3. The average Bonchev–Trinajstić information content (AvgIpc) is 3.12. The van der Waals surface area contributed by atoms with Crippen LogP contribution in [0, 0.1) is 0 Å². The third-order valence-corrected chi connectivity index (χ3v) is 6.54. The largest absolute Gasteiger partial charge is 0.356 e. The second-order valence-electron chi connectivity index (χ2n) is 6.02. The summed E-state index contributed by atoms with van der Waals surface area (Å²) < 4.78 is 27.3. The van der Waals surface area contributed by atoms with Crippen molar-refractivity contribution in [2.24, 2.45) is 0 Å². The maximum atomic E-state index is 12.2. The van der Waals surface area contributed by atoms with E-state index in [2.05, 4.69) is 36.0 Å². The molecule has 0 unspecified atom stereocenters. The first-order chi connectivity index (χ1) is 11.9. The predicted octanol–water partition coefficient (Wildman–Crippen LogP) is 5.42. The van der Waals surface area contributed by atoms with Gasteiger partial charge in [0, 0.05) is 17.1 Å². The van der Waals surface area contributed by atoms with Crippen LogP contribution >= 0.6 is 11.3 Å². The summed E-state index contributed by atoms with van der Waals surface area (Å²) in [6.07, 6.45) is 0. The molecule has 1 aromatic heterocycles. The van der Waals surface area contributed by atoms with Gasteiger partial charge in [0.1, 0.15) is 4.21 Å². The van der Waals surface area contributed by atoms with Crippen LogP contribution in [-0.2, 0) is 10.0 Å². The van der Waals surface area contributed by atoms with E-state index in [0.717, 1.165) is 11.4 Å². The van der Waals surface area contributed by atoms with E-state index in [0.29, 0.717) is 15.8 Å². The van der Waals surface area contributed by atoms with Crippen molar-refractivity contribution in [3.63, 3.8) is 0 Å². The van der Waals surface area contributed by atoms with Gasteiger partial charge in [-0.15, -0.1) is 11.3 Å². The van der Waals surface area contributed by atoms with Crippen molar-refractivity contribution in [1.82, 2.24) is 0 Å². The van der Waals surface area contributed by atoms with Crippen LogP contribution in [0.1, 0.15) is 25.3 Å². The molecule has 0 fully saturated rings. The summed E-state index contributed by atoms with van der Waals surface area (Å²) in [5, 5.41) is 5.05. The van der Waals surface area contributed by atoms with Gasteiger partial charge in [0.05, 0.1) is 0 Å². The van der Waals surface area contributed by atoms with Crippen LogP contribution in [0.25, 0.3) is 0 Å². The minimum atomic E-state index is -3.51. The Bertz CT molecular complexity index is 915. The average molecular weight is 373 g/mol. The lowest BCUT2D eigenvalue weighted by molar-refractivity contribution is 0.603. The summed E-state index contributed by atoms with van der Waals surface area (Å²) in [6, 6.07) is 18.8. The summed E-state index contributed by atoms with van der Waals surface area (Å²) in [4.78, 5) is 0. The number of hydrogen-bond acceptors (Lipinski definition) is 4. The number of rotatable bonds is 6. The maximum Gasteiger partial charge on any atom is 0.271 e. The number of benzene rings is 2. The molecule has 25 heavy (non-hydrogen) atoms. The van der Waals surface area contributed by atoms with E-state index in [1.807, 2.05) is 24.3 Å². The lowest BCUT2D eigenvalue weighted by Gasteiger charge is -2.11. The first-order valence-corrected chi connectivity index (χ1v) is 10.3. The van der Waals surface area contributed by atoms with Crippen LogP contribution in [0.2, 0.25) is 0 Å². The molecule has 0 aliphatic heterocycles. The van der Waals surface area contributed by atoms with Gasteiger partial charge in [-0.2, -0.15) is 0 Å². The highest BCUT2D eigenvalue weighted by Gasteiger charge is 2.14. The molecule has 0 spiro atoms. The molecule has 0 saturated carbocycles. The molecule has 3 rings (SSSR count). The van der Waals surface area contributed by atoms with E-state index < -0.39 is 10.0 Å². The highest BCUT2D eigenvalue weighted by Crippen LogP contribution is 2.24. The number of thiophene rings is 1. The van der Waals surface area contributed by atoms with Gasteiger partial charge in [-0.3, -0.25) is 4.72 Å². The molecule has 0 radical (unpaired) electrons. The zero-order valence-electron chi connectivity index (χ0n) is 14.1. The Morgan fingerprint density at radius 1 is 0.840 bits per heavy atom.